The van der Waals surface area contributed by atoms with Crippen LogP contribution in [-0.4, -0.2) is 18.9 Å². The van der Waals surface area contributed by atoms with Crippen molar-refractivity contribution in [3.05, 3.63) is 157 Å². The number of hydrogen-bond acceptors (Lipinski definition) is 2. The molecule has 0 atom stereocenters. The van der Waals surface area contributed by atoms with Crippen LogP contribution in [0.1, 0.15) is 25.0 Å². The Morgan fingerprint density at radius 3 is 1.92 bits per heavy atom. The van der Waals surface area contributed by atoms with Crippen molar-refractivity contribution in [1.29, 1.82) is 0 Å². The van der Waals surface area contributed by atoms with Crippen molar-refractivity contribution >= 4 is 70.7 Å². The van der Waals surface area contributed by atoms with E-state index in [4.69, 9.17) is 9.97 Å². The van der Waals surface area contributed by atoms with Crippen molar-refractivity contribution in [1.82, 2.24) is 18.9 Å². The molecule has 4 nitrogen and oxygen atoms in total. The normalized spacial score (nSPS) is 13.8. The predicted octanol–water partition coefficient (Wildman–Crippen LogP) is 11.9. The highest BCUT2D eigenvalue weighted by Gasteiger charge is 2.40. The van der Waals surface area contributed by atoms with Gasteiger partial charge in [0.2, 0.25) is 5.95 Å². The van der Waals surface area contributed by atoms with E-state index in [1.165, 1.54) is 76.3 Å². The van der Waals surface area contributed by atoms with Gasteiger partial charge in [0.05, 0.1) is 39.0 Å². The van der Waals surface area contributed by atoms with E-state index in [-0.39, 0.29) is 5.41 Å². The first-order valence-corrected chi connectivity index (χ1v) is 17.7. The van der Waals surface area contributed by atoms with Gasteiger partial charge in [0.1, 0.15) is 0 Å². The fourth-order valence-corrected chi connectivity index (χ4v) is 9.50. The molecule has 0 amide bonds. The van der Waals surface area contributed by atoms with Gasteiger partial charge in [-0.1, -0.05) is 135 Å². The average Bonchev–Trinajstić information content (AvgIpc) is 3.88. The minimum absolute atomic E-state index is 0.252. The lowest BCUT2D eigenvalue weighted by atomic mass is 9.81. The molecule has 238 valence electrons. The van der Waals surface area contributed by atoms with Gasteiger partial charge in [-0.2, -0.15) is 0 Å². The molecule has 7 aromatic carbocycles. The number of rotatable bonds is 2. The number of benzene rings is 7. The summed E-state index contributed by atoms with van der Waals surface area (Å²) in [7, 11) is 0. The van der Waals surface area contributed by atoms with Gasteiger partial charge in [0, 0.05) is 59.8 Å². The van der Waals surface area contributed by atoms with E-state index in [0.717, 1.165) is 28.0 Å². The Morgan fingerprint density at radius 1 is 0.490 bits per heavy atom. The van der Waals surface area contributed by atoms with Crippen LogP contribution < -0.4 is 0 Å². The molecule has 0 radical (unpaired) electrons. The van der Waals surface area contributed by atoms with E-state index >= 15 is 0 Å². The van der Waals surface area contributed by atoms with Gasteiger partial charge in [-0.3, -0.25) is 4.57 Å². The minimum atomic E-state index is -0.252. The second-order valence-electron chi connectivity index (χ2n) is 14.6. The molecule has 0 unspecified atom stereocenters. The maximum Gasteiger partial charge on any atom is 0.235 e. The van der Waals surface area contributed by atoms with E-state index in [1.807, 2.05) is 0 Å². The molecule has 1 aliphatic rings. The standard InChI is InChI=1S/C47H30N4/c1-47(2)35-20-10-6-18-32(35)43-41(47)42(27-14-4-3-5-15-27)48-46(49-43)51-37-22-12-7-16-29(37)31-25-24-28-26-34-30-17-8-11-21-36(30)50-38-23-13-9-19-33(38)40(45(34)50)39(28)44(31)51/h3-26H,1-2H3. The summed E-state index contributed by atoms with van der Waals surface area (Å²) in [4.78, 5) is 11.2. The van der Waals surface area contributed by atoms with Crippen LogP contribution in [0.25, 0.3) is 99.1 Å². The number of aromatic nitrogens is 4. The molecule has 1 aliphatic carbocycles. The van der Waals surface area contributed by atoms with E-state index in [2.05, 4.69) is 168 Å². The first kappa shape index (κ1) is 27.3. The topological polar surface area (TPSA) is 35.1 Å². The molecule has 12 rings (SSSR count). The summed E-state index contributed by atoms with van der Waals surface area (Å²) in [6.07, 6.45) is 0. The molecule has 0 aliphatic heterocycles. The van der Waals surface area contributed by atoms with Crippen molar-refractivity contribution in [2.24, 2.45) is 0 Å². The molecule has 0 bridgehead atoms. The molecule has 0 fully saturated rings. The van der Waals surface area contributed by atoms with Gasteiger partial charge in [-0.25, -0.2) is 9.97 Å². The van der Waals surface area contributed by atoms with Gasteiger partial charge in [0.15, 0.2) is 0 Å². The summed E-state index contributed by atoms with van der Waals surface area (Å²) in [5.74, 6) is 0.693. The lowest BCUT2D eigenvalue weighted by molar-refractivity contribution is 0.657. The summed E-state index contributed by atoms with van der Waals surface area (Å²) in [5.41, 5.74) is 12.5. The summed E-state index contributed by atoms with van der Waals surface area (Å²) in [6, 6.07) is 52.8. The van der Waals surface area contributed by atoms with Crippen molar-refractivity contribution in [3.63, 3.8) is 0 Å². The fraction of sp³-hybridized carbons (Fsp3) is 0.0638. The van der Waals surface area contributed by atoms with Gasteiger partial charge in [0.25, 0.3) is 0 Å². The maximum atomic E-state index is 5.60. The van der Waals surface area contributed by atoms with Gasteiger partial charge in [-0.05, 0) is 35.2 Å². The average molecular weight is 651 g/mol. The quantitative estimate of drug-likeness (QED) is 0.187. The van der Waals surface area contributed by atoms with Gasteiger partial charge < -0.3 is 4.40 Å². The summed E-state index contributed by atoms with van der Waals surface area (Å²) < 4.78 is 4.82. The molecular weight excluding hydrogens is 621 g/mol. The van der Waals surface area contributed by atoms with Crippen LogP contribution in [0.3, 0.4) is 0 Å². The van der Waals surface area contributed by atoms with Crippen molar-refractivity contribution in [2.75, 3.05) is 0 Å². The maximum absolute atomic E-state index is 5.60. The second kappa shape index (κ2) is 9.38. The highest BCUT2D eigenvalue weighted by atomic mass is 15.2. The van der Waals surface area contributed by atoms with Gasteiger partial charge >= 0.3 is 0 Å². The number of hydrogen-bond donors (Lipinski definition) is 0. The first-order chi connectivity index (χ1) is 25.1. The van der Waals surface area contributed by atoms with Crippen molar-refractivity contribution < 1.29 is 0 Å². The fourth-order valence-electron chi connectivity index (χ4n) is 9.50. The molecule has 51 heavy (non-hydrogen) atoms. The Labute approximate surface area is 293 Å². The number of nitrogens with zero attached hydrogens (tertiary/aromatic N) is 4. The number of para-hydroxylation sites is 3. The summed E-state index contributed by atoms with van der Waals surface area (Å²) in [5, 5.41) is 9.94. The Kier molecular flexibility index (Phi) is 5.02. The van der Waals surface area contributed by atoms with Crippen LogP contribution in [0.5, 0.6) is 0 Å². The largest absolute Gasteiger partial charge is 0.308 e. The Bertz CT molecular complexity index is 3270. The van der Waals surface area contributed by atoms with Crippen molar-refractivity contribution in [3.8, 4) is 28.5 Å². The van der Waals surface area contributed by atoms with Crippen LogP contribution in [0, 0.1) is 0 Å². The zero-order valence-corrected chi connectivity index (χ0v) is 28.1. The summed E-state index contributed by atoms with van der Waals surface area (Å²) in [6.45, 7) is 4.62. The second-order valence-corrected chi connectivity index (χ2v) is 14.6. The Hall–Kier alpha value is -6.52. The third-order valence-corrected chi connectivity index (χ3v) is 11.6. The zero-order valence-electron chi connectivity index (χ0n) is 28.1. The number of fused-ring (bicyclic) bond motifs is 15. The third kappa shape index (κ3) is 3.30. The zero-order chi connectivity index (χ0) is 33.6. The molecule has 0 saturated heterocycles. The van der Waals surface area contributed by atoms with Crippen molar-refractivity contribution in [2.45, 2.75) is 19.3 Å². The smallest absolute Gasteiger partial charge is 0.235 e. The molecular formula is C47H30N4. The van der Waals surface area contributed by atoms with E-state index in [9.17, 15) is 0 Å². The highest BCUT2D eigenvalue weighted by molar-refractivity contribution is 6.36. The molecule has 4 heterocycles. The van der Waals surface area contributed by atoms with Crippen LogP contribution in [-0.2, 0) is 5.41 Å². The summed E-state index contributed by atoms with van der Waals surface area (Å²) >= 11 is 0. The molecule has 4 heteroatoms. The Morgan fingerprint density at radius 2 is 1.12 bits per heavy atom. The first-order valence-electron chi connectivity index (χ1n) is 17.7. The minimum Gasteiger partial charge on any atom is -0.308 e. The lowest BCUT2D eigenvalue weighted by Crippen LogP contribution is -2.18. The highest BCUT2D eigenvalue weighted by Crippen LogP contribution is 2.52. The van der Waals surface area contributed by atoms with Gasteiger partial charge in [-0.15, -0.1) is 0 Å². The van der Waals surface area contributed by atoms with Crippen LogP contribution in [0.15, 0.2) is 146 Å². The molecule has 11 aromatic rings. The molecule has 0 N–H and O–H groups in total. The monoisotopic (exact) mass is 650 g/mol. The van der Waals surface area contributed by atoms with E-state index < -0.39 is 0 Å². The molecule has 0 spiro atoms. The van der Waals surface area contributed by atoms with Crippen LogP contribution in [0.4, 0.5) is 0 Å². The molecule has 0 saturated carbocycles. The Balaban J connectivity index is 1.32. The predicted molar refractivity (Wildman–Crippen MR) is 212 cm³/mol. The SMILES string of the molecule is CC1(C)c2ccccc2-c2nc(-n3c4ccccc4c4ccc5cc6c7ccccc7n7c8ccccc8c(c5c43)c67)nc(-c3ccccc3)c21. The lowest BCUT2D eigenvalue weighted by Gasteiger charge is -2.24. The third-order valence-electron chi connectivity index (χ3n) is 11.6. The molecule has 4 aromatic heterocycles. The van der Waals surface area contributed by atoms with E-state index in [0.29, 0.717) is 5.95 Å². The van der Waals surface area contributed by atoms with Crippen LogP contribution in [0.2, 0.25) is 0 Å². The van der Waals surface area contributed by atoms with E-state index in [1.54, 1.807) is 0 Å². The van der Waals surface area contributed by atoms with Crippen LogP contribution >= 0.6 is 0 Å².